The van der Waals surface area contributed by atoms with Crippen LogP contribution in [-0.4, -0.2) is 16.7 Å². The normalized spacial score (nSPS) is 23.5. The van der Waals surface area contributed by atoms with E-state index in [2.05, 4.69) is 4.98 Å². The molecule has 1 aliphatic heterocycles. The summed E-state index contributed by atoms with van der Waals surface area (Å²) < 4.78 is 5.46. The van der Waals surface area contributed by atoms with Gasteiger partial charge in [-0.3, -0.25) is 4.98 Å². The Hall–Kier alpha value is -1.35. The lowest BCUT2D eigenvalue weighted by Gasteiger charge is -2.47. The third kappa shape index (κ3) is 1.83. The van der Waals surface area contributed by atoms with E-state index in [0.29, 0.717) is 0 Å². The van der Waals surface area contributed by atoms with Gasteiger partial charge < -0.3 is 9.84 Å². The van der Waals surface area contributed by atoms with Crippen molar-refractivity contribution in [3.05, 3.63) is 41.9 Å². The van der Waals surface area contributed by atoms with Crippen LogP contribution in [0.3, 0.4) is 0 Å². The summed E-state index contributed by atoms with van der Waals surface area (Å²) in [5, 5.41) is 10.7. The van der Waals surface area contributed by atoms with Crippen molar-refractivity contribution >= 4 is 0 Å². The summed E-state index contributed by atoms with van der Waals surface area (Å²) in [5.74, 6) is 0. The summed E-state index contributed by atoms with van der Waals surface area (Å²) in [6.45, 7) is 0.805. The van der Waals surface area contributed by atoms with Crippen molar-refractivity contribution in [1.82, 2.24) is 4.98 Å². The second-order valence-electron chi connectivity index (χ2n) is 5.28. The van der Waals surface area contributed by atoms with Gasteiger partial charge in [0.1, 0.15) is 6.10 Å². The molecule has 96 valence electrons. The fourth-order valence-electron chi connectivity index (χ4n) is 3.08. The largest absolute Gasteiger partial charge is 0.501 e. The summed E-state index contributed by atoms with van der Waals surface area (Å²) in [4.78, 5) is 4.30. The topological polar surface area (TPSA) is 42.4 Å². The number of aliphatic hydroxyl groups excluding tert-OH is 1. The molecule has 2 aliphatic rings. The molecule has 0 radical (unpaired) electrons. The van der Waals surface area contributed by atoms with Crippen LogP contribution in [0.4, 0.5) is 0 Å². The average molecular weight is 245 g/mol. The van der Waals surface area contributed by atoms with Gasteiger partial charge in [0, 0.05) is 11.6 Å². The highest BCUT2D eigenvalue weighted by Crippen LogP contribution is 2.56. The Morgan fingerprint density at radius 3 is 2.72 bits per heavy atom. The van der Waals surface area contributed by atoms with Crippen LogP contribution in [0.5, 0.6) is 0 Å². The number of hydrogen-bond donors (Lipinski definition) is 1. The quantitative estimate of drug-likeness (QED) is 0.890. The highest BCUT2D eigenvalue weighted by Gasteiger charge is 2.47. The number of pyridine rings is 1. The van der Waals surface area contributed by atoms with Crippen LogP contribution in [0.2, 0.25) is 0 Å². The van der Waals surface area contributed by atoms with Crippen LogP contribution in [0.1, 0.15) is 43.9 Å². The Morgan fingerprint density at radius 2 is 2.17 bits per heavy atom. The molecule has 1 saturated carbocycles. The number of nitrogens with zero attached hydrogens (tertiary/aromatic N) is 1. The van der Waals surface area contributed by atoms with Crippen LogP contribution in [0, 0.1) is 5.41 Å². The Bertz CT molecular complexity index is 437. The predicted molar refractivity (Wildman–Crippen MR) is 68.7 cm³/mol. The summed E-state index contributed by atoms with van der Waals surface area (Å²) in [6, 6.07) is 5.73. The second-order valence-corrected chi connectivity index (χ2v) is 5.28. The zero-order valence-electron chi connectivity index (χ0n) is 10.5. The minimum atomic E-state index is -0.500. The Morgan fingerprint density at radius 1 is 1.28 bits per heavy atom. The van der Waals surface area contributed by atoms with Crippen molar-refractivity contribution < 1.29 is 9.84 Å². The Kier molecular flexibility index (Phi) is 3.08. The fraction of sp³-hybridized carbons (Fsp3) is 0.533. The van der Waals surface area contributed by atoms with Gasteiger partial charge in [0.2, 0.25) is 0 Å². The van der Waals surface area contributed by atoms with Crippen LogP contribution in [-0.2, 0) is 4.74 Å². The number of ether oxygens (including phenoxy) is 1. The first-order valence-electron chi connectivity index (χ1n) is 6.73. The maximum atomic E-state index is 10.7. The summed E-state index contributed by atoms with van der Waals surface area (Å²) in [6.07, 6.45) is 8.50. The molecule has 3 heteroatoms. The van der Waals surface area contributed by atoms with Gasteiger partial charge in [-0.05, 0) is 43.4 Å². The van der Waals surface area contributed by atoms with Crippen molar-refractivity contribution in [3.8, 4) is 0 Å². The first-order chi connectivity index (χ1) is 8.83. The van der Waals surface area contributed by atoms with E-state index in [1.165, 1.54) is 12.0 Å². The van der Waals surface area contributed by atoms with Gasteiger partial charge >= 0.3 is 0 Å². The molecule has 1 N–H and O–H groups in total. The van der Waals surface area contributed by atoms with Gasteiger partial charge in [-0.25, -0.2) is 0 Å². The van der Waals surface area contributed by atoms with E-state index >= 15 is 0 Å². The van der Waals surface area contributed by atoms with Gasteiger partial charge in [-0.15, -0.1) is 0 Å². The Balaban J connectivity index is 1.89. The van der Waals surface area contributed by atoms with Crippen molar-refractivity contribution in [2.45, 2.75) is 38.2 Å². The average Bonchev–Trinajstić information content (AvgIpc) is 2.40. The molecule has 1 aromatic rings. The number of aromatic nitrogens is 1. The SMILES string of the molecule is OC(c1ccccn1)C1(C2=COCCC2)CCC1. The molecule has 18 heavy (non-hydrogen) atoms. The lowest BCUT2D eigenvalue weighted by Crippen LogP contribution is -2.39. The first kappa shape index (κ1) is 11.7. The summed E-state index contributed by atoms with van der Waals surface area (Å²) in [5.41, 5.74) is 1.94. The van der Waals surface area contributed by atoms with Crippen LogP contribution in [0.25, 0.3) is 0 Å². The Labute approximate surface area is 108 Å². The molecular weight excluding hydrogens is 226 g/mol. The van der Waals surface area contributed by atoms with E-state index in [9.17, 15) is 5.11 Å². The smallest absolute Gasteiger partial charge is 0.105 e. The molecule has 0 bridgehead atoms. The maximum absolute atomic E-state index is 10.7. The third-order valence-electron chi connectivity index (χ3n) is 4.31. The fourth-order valence-corrected chi connectivity index (χ4v) is 3.08. The highest BCUT2D eigenvalue weighted by molar-refractivity contribution is 5.25. The first-order valence-corrected chi connectivity index (χ1v) is 6.73. The third-order valence-corrected chi connectivity index (χ3v) is 4.31. The monoisotopic (exact) mass is 245 g/mol. The van der Waals surface area contributed by atoms with E-state index in [0.717, 1.165) is 38.0 Å². The van der Waals surface area contributed by atoms with Crippen molar-refractivity contribution in [2.75, 3.05) is 6.61 Å². The van der Waals surface area contributed by atoms with Crippen molar-refractivity contribution in [1.29, 1.82) is 0 Å². The van der Waals surface area contributed by atoms with Crippen LogP contribution in [0.15, 0.2) is 36.2 Å². The minimum Gasteiger partial charge on any atom is -0.501 e. The number of aliphatic hydroxyl groups is 1. The number of hydrogen-bond acceptors (Lipinski definition) is 3. The molecule has 2 heterocycles. The van der Waals surface area contributed by atoms with E-state index in [1.807, 2.05) is 24.5 Å². The molecule has 0 amide bonds. The molecule has 1 atom stereocenters. The number of rotatable bonds is 3. The molecular formula is C15H19NO2. The van der Waals surface area contributed by atoms with E-state index in [1.54, 1.807) is 6.20 Å². The molecule has 0 aromatic carbocycles. The van der Waals surface area contributed by atoms with Crippen molar-refractivity contribution in [3.63, 3.8) is 0 Å². The summed E-state index contributed by atoms with van der Waals surface area (Å²) >= 11 is 0. The van der Waals surface area contributed by atoms with Crippen LogP contribution < -0.4 is 0 Å². The lowest BCUT2D eigenvalue weighted by atomic mass is 9.59. The molecule has 0 saturated heterocycles. The van der Waals surface area contributed by atoms with Gasteiger partial charge in [-0.1, -0.05) is 12.5 Å². The van der Waals surface area contributed by atoms with E-state index < -0.39 is 6.10 Å². The minimum absolute atomic E-state index is 0.116. The zero-order valence-corrected chi connectivity index (χ0v) is 10.5. The molecule has 1 unspecified atom stereocenters. The van der Waals surface area contributed by atoms with Crippen LogP contribution >= 0.6 is 0 Å². The molecule has 3 rings (SSSR count). The van der Waals surface area contributed by atoms with Gasteiger partial charge in [0.05, 0.1) is 18.6 Å². The summed E-state index contributed by atoms with van der Waals surface area (Å²) in [7, 11) is 0. The maximum Gasteiger partial charge on any atom is 0.105 e. The molecule has 3 nitrogen and oxygen atoms in total. The zero-order chi connectivity index (χ0) is 12.4. The van der Waals surface area contributed by atoms with Gasteiger partial charge in [-0.2, -0.15) is 0 Å². The molecule has 1 aliphatic carbocycles. The van der Waals surface area contributed by atoms with Gasteiger partial charge in [0.15, 0.2) is 0 Å². The second kappa shape index (κ2) is 4.73. The van der Waals surface area contributed by atoms with E-state index in [-0.39, 0.29) is 5.41 Å². The van der Waals surface area contributed by atoms with E-state index in [4.69, 9.17) is 4.74 Å². The molecule has 1 aromatic heterocycles. The lowest BCUT2D eigenvalue weighted by molar-refractivity contribution is -0.0183. The predicted octanol–water partition coefficient (Wildman–Crippen LogP) is 2.98. The highest BCUT2D eigenvalue weighted by atomic mass is 16.5. The van der Waals surface area contributed by atoms with Crippen molar-refractivity contribution in [2.24, 2.45) is 5.41 Å². The standard InChI is InChI=1S/C15H19NO2/c17-14(13-6-1-2-9-16-13)15(7-4-8-15)12-5-3-10-18-11-12/h1-2,6,9,11,14,17H,3-5,7-8,10H2. The molecule has 0 spiro atoms. The van der Waals surface area contributed by atoms with Gasteiger partial charge in [0.25, 0.3) is 0 Å². The molecule has 1 fully saturated rings.